The highest BCUT2D eigenvalue weighted by Crippen LogP contribution is 2.25. The summed E-state index contributed by atoms with van der Waals surface area (Å²) in [6, 6.07) is 15.5. The molecular formula is C18H21NO2S. The lowest BCUT2D eigenvalue weighted by molar-refractivity contribution is 0.575. The van der Waals surface area contributed by atoms with Crippen LogP contribution in [-0.4, -0.2) is 15.0 Å². The molecule has 3 nitrogen and oxygen atoms in total. The third-order valence-electron chi connectivity index (χ3n) is 4.33. The fraction of sp³-hybridized carbons (Fsp3) is 0.333. The monoisotopic (exact) mass is 315 g/mol. The van der Waals surface area contributed by atoms with Gasteiger partial charge < -0.3 is 0 Å². The Hall–Kier alpha value is -1.65. The zero-order valence-corrected chi connectivity index (χ0v) is 13.6. The van der Waals surface area contributed by atoms with Gasteiger partial charge in [-0.2, -0.15) is 0 Å². The van der Waals surface area contributed by atoms with Crippen LogP contribution in [0.2, 0.25) is 0 Å². The van der Waals surface area contributed by atoms with E-state index in [0.29, 0.717) is 11.4 Å². The van der Waals surface area contributed by atoms with Crippen LogP contribution in [0.3, 0.4) is 0 Å². The molecule has 0 saturated heterocycles. The minimum Gasteiger partial charge on any atom is -0.211 e. The van der Waals surface area contributed by atoms with Crippen molar-refractivity contribution in [2.75, 3.05) is 6.54 Å². The average molecular weight is 315 g/mol. The first-order valence-corrected chi connectivity index (χ1v) is 9.21. The molecule has 3 rings (SSSR count). The van der Waals surface area contributed by atoms with Gasteiger partial charge >= 0.3 is 0 Å². The molecule has 0 fully saturated rings. The summed E-state index contributed by atoms with van der Waals surface area (Å²) in [5, 5.41) is 0. The molecule has 0 saturated carbocycles. The van der Waals surface area contributed by atoms with Crippen molar-refractivity contribution in [3.05, 3.63) is 65.2 Å². The number of aryl methyl sites for hydroxylation is 2. The molecule has 2 aromatic rings. The molecule has 0 amide bonds. The third-order valence-corrected chi connectivity index (χ3v) is 5.75. The van der Waals surface area contributed by atoms with E-state index in [1.165, 1.54) is 11.1 Å². The van der Waals surface area contributed by atoms with Gasteiger partial charge in [0.15, 0.2) is 0 Å². The Kier molecular flexibility index (Phi) is 4.32. The van der Waals surface area contributed by atoms with Gasteiger partial charge in [0.1, 0.15) is 0 Å². The molecule has 0 aromatic heterocycles. The number of fused-ring (bicyclic) bond motifs is 1. The summed E-state index contributed by atoms with van der Waals surface area (Å²) in [6.45, 7) is 2.43. The summed E-state index contributed by atoms with van der Waals surface area (Å²) in [5.74, 6) is 0.144. The van der Waals surface area contributed by atoms with E-state index < -0.39 is 10.0 Å². The van der Waals surface area contributed by atoms with Gasteiger partial charge in [0.2, 0.25) is 10.0 Å². The SMILES string of the molecule is C[C@@H](CNS(=O)(=O)c1ccc2c(c1)CCC2)c1ccccc1. The fourth-order valence-corrected chi connectivity index (χ4v) is 4.11. The van der Waals surface area contributed by atoms with E-state index in [9.17, 15) is 8.42 Å². The van der Waals surface area contributed by atoms with Gasteiger partial charge in [0, 0.05) is 6.54 Å². The van der Waals surface area contributed by atoms with Crippen LogP contribution in [0.1, 0.15) is 36.0 Å². The molecule has 0 unspecified atom stereocenters. The summed E-state index contributed by atoms with van der Waals surface area (Å²) in [7, 11) is -3.43. The Morgan fingerprint density at radius 3 is 2.55 bits per heavy atom. The summed E-state index contributed by atoms with van der Waals surface area (Å²) >= 11 is 0. The molecule has 0 radical (unpaired) electrons. The Morgan fingerprint density at radius 1 is 1.05 bits per heavy atom. The maximum atomic E-state index is 12.5. The maximum absolute atomic E-state index is 12.5. The molecule has 1 atom stereocenters. The first kappa shape index (κ1) is 15.3. The molecule has 0 spiro atoms. The van der Waals surface area contributed by atoms with E-state index in [0.717, 1.165) is 24.8 Å². The average Bonchev–Trinajstić information content (AvgIpc) is 3.01. The predicted molar refractivity (Wildman–Crippen MR) is 88.5 cm³/mol. The third kappa shape index (κ3) is 3.23. The summed E-state index contributed by atoms with van der Waals surface area (Å²) < 4.78 is 27.7. The van der Waals surface area contributed by atoms with Crippen molar-refractivity contribution in [2.24, 2.45) is 0 Å². The van der Waals surface area contributed by atoms with Crippen LogP contribution < -0.4 is 4.72 Å². The number of hydrogen-bond donors (Lipinski definition) is 1. The summed E-state index contributed by atoms with van der Waals surface area (Å²) in [5.41, 5.74) is 3.61. The van der Waals surface area contributed by atoms with E-state index in [1.807, 2.05) is 49.4 Å². The second-order valence-electron chi connectivity index (χ2n) is 5.95. The molecule has 1 aliphatic carbocycles. The van der Waals surface area contributed by atoms with Crippen molar-refractivity contribution in [1.29, 1.82) is 0 Å². The summed E-state index contributed by atoms with van der Waals surface area (Å²) in [6.07, 6.45) is 3.17. The molecule has 116 valence electrons. The lowest BCUT2D eigenvalue weighted by Crippen LogP contribution is -2.27. The van der Waals surface area contributed by atoms with E-state index in [1.54, 1.807) is 6.07 Å². The highest BCUT2D eigenvalue weighted by atomic mass is 32.2. The van der Waals surface area contributed by atoms with Gasteiger partial charge in [-0.1, -0.05) is 43.3 Å². The zero-order chi connectivity index (χ0) is 15.6. The zero-order valence-electron chi connectivity index (χ0n) is 12.7. The molecule has 4 heteroatoms. The van der Waals surface area contributed by atoms with Gasteiger partial charge in [-0.3, -0.25) is 0 Å². The van der Waals surface area contributed by atoms with E-state index in [2.05, 4.69) is 4.72 Å². The minimum absolute atomic E-state index is 0.144. The van der Waals surface area contributed by atoms with Crippen LogP contribution in [0.15, 0.2) is 53.4 Å². The fourth-order valence-electron chi connectivity index (χ4n) is 2.93. The van der Waals surface area contributed by atoms with Crippen molar-refractivity contribution in [3.63, 3.8) is 0 Å². The largest absolute Gasteiger partial charge is 0.240 e. The van der Waals surface area contributed by atoms with Gasteiger partial charge in [0.25, 0.3) is 0 Å². The second-order valence-corrected chi connectivity index (χ2v) is 7.71. The van der Waals surface area contributed by atoms with Crippen LogP contribution in [0, 0.1) is 0 Å². The highest BCUT2D eigenvalue weighted by molar-refractivity contribution is 7.89. The number of rotatable bonds is 5. The highest BCUT2D eigenvalue weighted by Gasteiger charge is 2.19. The number of sulfonamides is 1. The number of hydrogen-bond acceptors (Lipinski definition) is 2. The minimum atomic E-state index is -3.43. The predicted octanol–water partition coefficient (Wildman–Crippen LogP) is 3.26. The van der Waals surface area contributed by atoms with E-state index in [4.69, 9.17) is 0 Å². The molecule has 0 aliphatic heterocycles. The van der Waals surface area contributed by atoms with Gasteiger partial charge in [0.05, 0.1) is 4.90 Å². The maximum Gasteiger partial charge on any atom is 0.240 e. The Morgan fingerprint density at radius 2 is 1.77 bits per heavy atom. The Labute approximate surface area is 132 Å². The van der Waals surface area contributed by atoms with Crippen molar-refractivity contribution in [2.45, 2.75) is 37.0 Å². The van der Waals surface area contributed by atoms with Crippen LogP contribution >= 0.6 is 0 Å². The second kappa shape index (κ2) is 6.23. The standard InChI is InChI=1S/C18H21NO2S/c1-14(15-6-3-2-4-7-15)13-19-22(20,21)18-11-10-16-8-5-9-17(16)12-18/h2-4,6-7,10-12,14,19H,5,8-9,13H2,1H3/t14-/m0/s1. The molecule has 22 heavy (non-hydrogen) atoms. The van der Waals surface area contributed by atoms with Crippen LogP contribution in [0.25, 0.3) is 0 Å². The van der Waals surface area contributed by atoms with Crippen LogP contribution in [-0.2, 0) is 22.9 Å². The lowest BCUT2D eigenvalue weighted by Gasteiger charge is -2.14. The van der Waals surface area contributed by atoms with E-state index >= 15 is 0 Å². The molecule has 1 N–H and O–H groups in total. The van der Waals surface area contributed by atoms with Gasteiger partial charge in [-0.05, 0) is 54.0 Å². The number of benzene rings is 2. The van der Waals surface area contributed by atoms with E-state index in [-0.39, 0.29) is 5.92 Å². The van der Waals surface area contributed by atoms with Gasteiger partial charge in [-0.25, -0.2) is 13.1 Å². The Balaban J connectivity index is 1.71. The molecule has 0 heterocycles. The Bertz CT molecular complexity index is 754. The van der Waals surface area contributed by atoms with Crippen molar-refractivity contribution in [3.8, 4) is 0 Å². The smallest absolute Gasteiger partial charge is 0.211 e. The van der Waals surface area contributed by atoms with Crippen molar-refractivity contribution in [1.82, 2.24) is 4.72 Å². The lowest BCUT2D eigenvalue weighted by atomic mass is 10.0. The topological polar surface area (TPSA) is 46.2 Å². The van der Waals surface area contributed by atoms with Crippen molar-refractivity contribution >= 4 is 10.0 Å². The quantitative estimate of drug-likeness (QED) is 0.920. The molecule has 1 aliphatic rings. The van der Waals surface area contributed by atoms with Crippen molar-refractivity contribution < 1.29 is 8.42 Å². The van der Waals surface area contributed by atoms with Gasteiger partial charge in [-0.15, -0.1) is 0 Å². The molecular weight excluding hydrogens is 294 g/mol. The molecule has 2 aromatic carbocycles. The first-order valence-electron chi connectivity index (χ1n) is 7.73. The number of nitrogens with one attached hydrogen (secondary N) is 1. The van der Waals surface area contributed by atoms with Crippen LogP contribution in [0.5, 0.6) is 0 Å². The molecule has 0 bridgehead atoms. The summed E-state index contributed by atoms with van der Waals surface area (Å²) in [4.78, 5) is 0.383. The first-order chi connectivity index (χ1) is 10.6. The van der Waals surface area contributed by atoms with Crippen LogP contribution in [0.4, 0.5) is 0 Å². The normalized spacial score (nSPS) is 15.5.